The van der Waals surface area contributed by atoms with Gasteiger partial charge in [-0.25, -0.2) is 0 Å². The first kappa shape index (κ1) is 13.4. The second-order valence-electron chi connectivity index (χ2n) is 5.25. The highest BCUT2D eigenvalue weighted by Gasteiger charge is 2.14. The molecule has 1 unspecified atom stereocenters. The van der Waals surface area contributed by atoms with E-state index in [-0.39, 0.29) is 0 Å². The van der Waals surface area contributed by atoms with Crippen LogP contribution in [0.3, 0.4) is 0 Å². The van der Waals surface area contributed by atoms with Crippen LogP contribution in [0.15, 0.2) is 18.2 Å². The standard InChI is InChI=1S/C16H25NO/c1-3-13-7-9-16(18-2)15(11-13)8-6-14-5-4-10-17-12-14/h7,9,11,14,17H,3-6,8,10,12H2,1-2H3. The maximum atomic E-state index is 5.47. The fraction of sp³-hybridized carbons (Fsp3) is 0.625. The van der Waals surface area contributed by atoms with Gasteiger partial charge >= 0.3 is 0 Å². The van der Waals surface area contributed by atoms with E-state index < -0.39 is 0 Å². The van der Waals surface area contributed by atoms with Gasteiger partial charge in [0.05, 0.1) is 7.11 Å². The average molecular weight is 247 g/mol. The summed E-state index contributed by atoms with van der Waals surface area (Å²) >= 11 is 0. The van der Waals surface area contributed by atoms with Crippen molar-refractivity contribution in [2.24, 2.45) is 5.92 Å². The lowest BCUT2D eigenvalue weighted by molar-refractivity contribution is 0.354. The predicted molar refractivity (Wildman–Crippen MR) is 76.3 cm³/mol. The van der Waals surface area contributed by atoms with Crippen molar-refractivity contribution in [3.63, 3.8) is 0 Å². The van der Waals surface area contributed by atoms with Crippen molar-refractivity contribution in [3.05, 3.63) is 29.3 Å². The highest BCUT2D eigenvalue weighted by atomic mass is 16.5. The predicted octanol–water partition coefficient (Wildman–Crippen LogP) is 3.19. The second-order valence-corrected chi connectivity index (χ2v) is 5.25. The SMILES string of the molecule is CCc1ccc(OC)c(CCC2CCCNC2)c1. The van der Waals surface area contributed by atoms with E-state index in [0.717, 1.165) is 24.5 Å². The van der Waals surface area contributed by atoms with Gasteiger partial charge in [-0.2, -0.15) is 0 Å². The highest BCUT2D eigenvalue weighted by molar-refractivity contribution is 5.37. The molecule has 1 saturated heterocycles. The van der Waals surface area contributed by atoms with Crippen LogP contribution in [0.1, 0.15) is 37.3 Å². The normalized spacial score (nSPS) is 19.8. The minimum absolute atomic E-state index is 0.841. The van der Waals surface area contributed by atoms with Crippen molar-refractivity contribution in [2.45, 2.75) is 39.0 Å². The first-order chi connectivity index (χ1) is 8.83. The van der Waals surface area contributed by atoms with E-state index in [1.807, 2.05) is 0 Å². The monoisotopic (exact) mass is 247 g/mol. The Balaban J connectivity index is 1.97. The molecule has 0 aliphatic carbocycles. The van der Waals surface area contributed by atoms with Crippen molar-refractivity contribution < 1.29 is 4.74 Å². The van der Waals surface area contributed by atoms with Crippen LogP contribution in [0.4, 0.5) is 0 Å². The molecule has 1 aliphatic rings. The average Bonchev–Trinajstić information content (AvgIpc) is 2.45. The molecule has 18 heavy (non-hydrogen) atoms. The van der Waals surface area contributed by atoms with E-state index in [2.05, 4.69) is 30.4 Å². The Bertz CT molecular complexity index is 369. The summed E-state index contributed by atoms with van der Waals surface area (Å²) in [6.45, 7) is 4.59. The molecular weight excluding hydrogens is 222 g/mol. The van der Waals surface area contributed by atoms with Gasteiger partial charge in [0.1, 0.15) is 5.75 Å². The minimum Gasteiger partial charge on any atom is -0.496 e. The van der Waals surface area contributed by atoms with E-state index in [1.54, 1.807) is 7.11 Å². The lowest BCUT2D eigenvalue weighted by atomic mass is 9.92. The zero-order valence-electron chi connectivity index (χ0n) is 11.7. The van der Waals surface area contributed by atoms with E-state index in [0.29, 0.717) is 0 Å². The Hall–Kier alpha value is -1.02. The van der Waals surface area contributed by atoms with Crippen LogP contribution in [0, 0.1) is 5.92 Å². The van der Waals surface area contributed by atoms with E-state index in [9.17, 15) is 0 Å². The van der Waals surface area contributed by atoms with Gasteiger partial charge in [0.25, 0.3) is 0 Å². The van der Waals surface area contributed by atoms with Crippen LogP contribution >= 0.6 is 0 Å². The molecule has 1 N–H and O–H groups in total. The van der Waals surface area contributed by atoms with Gasteiger partial charge in [-0.05, 0) is 68.3 Å². The molecule has 0 radical (unpaired) electrons. The molecule has 0 bridgehead atoms. The highest BCUT2D eigenvalue weighted by Crippen LogP contribution is 2.24. The molecule has 0 saturated carbocycles. The summed E-state index contributed by atoms with van der Waals surface area (Å²) < 4.78 is 5.47. The summed E-state index contributed by atoms with van der Waals surface area (Å²) in [6.07, 6.45) is 6.22. The molecule has 0 spiro atoms. The topological polar surface area (TPSA) is 21.3 Å². The molecule has 100 valence electrons. The molecular formula is C16H25NO. The van der Waals surface area contributed by atoms with Crippen LogP contribution < -0.4 is 10.1 Å². The summed E-state index contributed by atoms with van der Waals surface area (Å²) in [6, 6.07) is 6.60. The third kappa shape index (κ3) is 3.49. The van der Waals surface area contributed by atoms with Crippen molar-refractivity contribution in [1.82, 2.24) is 5.32 Å². The van der Waals surface area contributed by atoms with Crippen LogP contribution in [0.2, 0.25) is 0 Å². The van der Waals surface area contributed by atoms with Crippen molar-refractivity contribution >= 4 is 0 Å². The lowest BCUT2D eigenvalue weighted by Crippen LogP contribution is -2.29. The number of aryl methyl sites for hydroxylation is 2. The van der Waals surface area contributed by atoms with Gasteiger partial charge in [0.15, 0.2) is 0 Å². The van der Waals surface area contributed by atoms with Gasteiger partial charge in [0.2, 0.25) is 0 Å². The van der Waals surface area contributed by atoms with E-state index in [4.69, 9.17) is 4.74 Å². The molecule has 1 aromatic carbocycles. The maximum Gasteiger partial charge on any atom is 0.122 e. The molecule has 0 amide bonds. The quantitative estimate of drug-likeness (QED) is 0.863. The lowest BCUT2D eigenvalue weighted by Gasteiger charge is -2.23. The Morgan fingerprint density at radius 2 is 2.28 bits per heavy atom. The Morgan fingerprint density at radius 1 is 1.39 bits per heavy atom. The summed E-state index contributed by atoms with van der Waals surface area (Å²) in [7, 11) is 1.77. The van der Waals surface area contributed by atoms with E-state index in [1.165, 1.54) is 43.5 Å². The van der Waals surface area contributed by atoms with Crippen molar-refractivity contribution in [3.8, 4) is 5.75 Å². The molecule has 1 aromatic rings. The zero-order valence-corrected chi connectivity index (χ0v) is 11.7. The Morgan fingerprint density at radius 3 is 2.94 bits per heavy atom. The third-order valence-corrected chi connectivity index (χ3v) is 3.97. The first-order valence-electron chi connectivity index (χ1n) is 7.20. The number of piperidine rings is 1. The summed E-state index contributed by atoms with van der Waals surface area (Å²) in [4.78, 5) is 0. The molecule has 1 fully saturated rings. The number of benzene rings is 1. The van der Waals surface area contributed by atoms with Crippen LogP contribution in [0.5, 0.6) is 5.75 Å². The maximum absolute atomic E-state index is 5.47. The molecule has 2 rings (SSSR count). The number of hydrogen-bond donors (Lipinski definition) is 1. The third-order valence-electron chi connectivity index (χ3n) is 3.97. The fourth-order valence-corrected chi connectivity index (χ4v) is 2.78. The summed E-state index contributed by atoms with van der Waals surface area (Å²) in [5, 5.41) is 3.49. The van der Waals surface area contributed by atoms with Gasteiger partial charge in [-0.15, -0.1) is 0 Å². The van der Waals surface area contributed by atoms with Gasteiger partial charge < -0.3 is 10.1 Å². The van der Waals surface area contributed by atoms with Crippen LogP contribution in [-0.4, -0.2) is 20.2 Å². The molecule has 1 aliphatic heterocycles. The number of rotatable bonds is 5. The largest absolute Gasteiger partial charge is 0.496 e. The summed E-state index contributed by atoms with van der Waals surface area (Å²) in [5.41, 5.74) is 2.79. The summed E-state index contributed by atoms with van der Waals surface area (Å²) in [5.74, 6) is 1.89. The van der Waals surface area contributed by atoms with Crippen LogP contribution in [-0.2, 0) is 12.8 Å². The number of hydrogen-bond acceptors (Lipinski definition) is 2. The Kier molecular flexibility index (Phi) is 5.06. The number of nitrogens with one attached hydrogen (secondary N) is 1. The zero-order chi connectivity index (χ0) is 12.8. The Labute approximate surface area is 111 Å². The van der Waals surface area contributed by atoms with Crippen molar-refractivity contribution in [1.29, 1.82) is 0 Å². The van der Waals surface area contributed by atoms with Gasteiger partial charge in [0, 0.05) is 0 Å². The number of ether oxygens (including phenoxy) is 1. The molecule has 1 heterocycles. The van der Waals surface area contributed by atoms with Gasteiger partial charge in [-0.3, -0.25) is 0 Å². The van der Waals surface area contributed by atoms with Crippen LogP contribution in [0.25, 0.3) is 0 Å². The van der Waals surface area contributed by atoms with Gasteiger partial charge in [-0.1, -0.05) is 19.1 Å². The number of methoxy groups -OCH3 is 1. The molecule has 0 aromatic heterocycles. The second kappa shape index (κ2) is 6.79. The smallest absolute Gasteiger partial charge is 0.122 e. The van der Waals surface area contributed by atoms with Crippen molar-refractivity contribution in [2.75, 3.05) is 20.2 Å². The molecule has 2 heteroatoms. The fourth-order valence-electron chi connectivity index (χ4n) is 2.78. The minimum atomic E-state index is 0.841. The molecule has 2 nitrogen and oxygen atoms in total. The first-order valence-corrected chi connectivity index (χ1v) is 7.20. The molecule has 1 atom stereocenters. The van der Waals surface area contributed by atoms with E-state index >= 15 is 0 Å².